The lowest BCUT2D eigenvalue weighted by molar-refractivity contribution is -0.296. The van der Waals surface area contributed by atoms with Gasteiger partial charge < -0.3 is 0 Å². The van der Waals surface area contributed by atoms with E-state index < -0.39 is 82.7 Å². The van der Waals surface area contributed by atoms with Crippen LogP contribution in [0.25, 0.3) is 0 Å². The zero-order chi connectivity index (χ0) is 25.9. The number of benzene rings is 1. The topological polar surface area (TPSA) is 19.9 Å². The smallest absolute Gasteiger partial charge is 0.228 e. The van der Waals surface area contributed by atoms with Crippen LogP contribution in [0, 0.1) is 5.92 Å². The predicted octanol–water partition coefficient (Wildman–Crippen LogP) is 7.78. The fourth-order valence-electron chi connectivity index (χ4n) is 2.46. The van der Waals surface area contributed by atoms with Gasteiger partial charge in [-0.05, 0) is 18.1 Å². The van der Waals surface area contributed by atoms with Crippen molar-refractivity contribution in [1.82, 2.24) is 0 Å². The van der Waals surface area contributed by atoms with E-state index in [2.05, 4.69) is 0 Å². The highest BCUT2D eigenvalue weighted by molar-refractivity contribution is 5.48. The monoisotopic (exact) mass is 503 g/mol. The number of alkyl halides is 15. The Kier molecular flexibility index (Phi) is 6.92. The van der Waals surface area contributed by atoms with Crippen LogP contribution < -0.4 is 0 Å². The van der Waals surface area contributed by atoms with E-state index in [1.165, 1.54) is 0 Å². The fraction of sp³-hybridized carbons (Fsp3) is 0.625. The molecule has 1 atom stereocenters. The van der Waals surface area contributed by atoms with E-state index in [0.29, 0.717) is 13.8 Å². The third-order valence-electron chi connectivity index (χ3n) is 4.18. The summed E-state index contributed by atoms with van der Waals surface area (Å²) < 4.78 is 198. The summed E-state index contributed by atoms with van der Waals surface area (Å²) in [6.45, 7) is 1.39. The van der Waals surface area contributed by atoms with Crippen LogP contribution in [-0.4, -0.2) is 18.5 Å². The molecule has 1 aromatic carbocycles. The minimum atomic E-state index is -6.87. The lowest BCUT2D eigenvalue weighted by Gasteiger charge is -2.32. The van der Waals surface area contributed by atoms with E-state index in [4.69, 9.17) is 0 Å². The van der Waals surface area contributed by atoms with Gasteiger partial charge in [0.05, 0.1) is 0 Å². The Morgan fingerprint density at radius 2 is 0.844 bits per heavy atom. The fourth-order valence-corrected chi connectivity index (χ4v) is 2.46. The lowest BCUT2D eigenvalue weighted by atomic mass is 9.83. The third-order valence-corrected chi connectivity index (χ3v) is 4.18. The van der Waals surface area contributed by atoms with Gasteiger partial charge in [0.2, 0.25) is 0 Å². The average molecular weight is 503 g/mol. The standard InChI is InChI=1S/C16H10F15O/c1-5(2)10(32)9-7(12(19,20)15(26,27)28)3-6(11(17,18)14(23,24)25)4-8(9)13(21,22)16(29,30)31/h3-5,10H,1-2H3. The summed E-state index contributed by atoms with van der Waals surface area (Å²) in [4.78, 5) is 0. The van der Waals surface area contributed by atoms with Gasteiger partial charge in [-0.3, -0.25) is 0 Å². The van der Waals surface area contributed by atoms with Crippen LogP contribution in [0.3, 0.4) is 0 Å². The second-order valence-electron chi connectivity index (χ2n) is 6.87. The van der Waals surface area contributed by atoms with Crippen LogP contribution in [0.2, 0.25) is 0 Å². The van der Waals surface area contributed by atoms with Crippen molar-refractivity contribution in [3.05, 3.63) is 34.4 Å². The molecular formula is C16H10F15O. The Balaban J connectivity index is 4.37. The first-order valence-corrected chi connectivity index (χ1v) is 8.00. The SMILES string of the molecule is CC(C)C([O])c1c(C(F)(F)C(F)(F)F)cc(C(F)(F)C(F)(F)F)cc1C(F)(F)C(F)(F)F. The van der Waals surface area contributed by atoms with E-state index >= 15 is 0 Å². The molecule has 16 heteroatoms. The highest BCUT2D eigenvalue weighted by Crippen LogP contribution is 2.55. The Labute approximate surface area is 168 Å². The second-order valence-corrected chi connectivity index (χ2v) is 6.87. The number of halogens is 15. The van der Waals surface area contributed by atoms with Crippen LogP contribution in [0.5, 0.6) is 0 Å². The van der Waals surface area contributed by atoms with E-state index in [9.17, 15) is 71.0 Å². The quantitative estimate of drug-likeness (QED) is 0.366. The van der Waals surface area contributed by atoms with Gasteiger partial charge in [-0.2, -0.15) is 65.9 Å². The van der Waals surface area contributed by atoms with Gasteiger partial charge in [0.1, 0.15) is 6.10 Å². The van der Waals surface area contributed by atoms with Crippen LogP contribution in [-0.2, 0) is 22.9 Å². The first kappa shape index (κ1) is 28.2. The zero-order valence-corrected chi connectivity index (χ0v) is 15.4. The van der Waals surface area contributed by atoms with Crippen LogP contribution in [0.4, 0.5) is 65.9 Å². The van der Waals surface area contributed by atoms with Crippen LogP contribution in [0.1, 0.15) is 42.2 Å². The van der Waals surface area contributed by atoms with Gasteiger partial charge in [0.25, 0.3) is 0 Å². The maximum atomic E-state index is 14.0. The molecule has 0 bridgehead atoms. The summed E-state index contributed by atoms with van der Waals surface area (Å²) in [6.07, 6.45) is -23.8. The lowest BCUT2D eigenvalue weighted by Crippen LogP contribution is -2.41. The molecular weight excluding hydrogens is 493 g/mol. The normalized spacial score (nSPS) is 16.0. The molecule has 0 amide bonds. The summed E-state index contributed by atoms with van der Waals surface area (Å²) in [5, 5.41) is 12.2. The third kappa shape index (κ3) is 4.59. The van der Waals surface area contributed by atoms with Crippen molar-refractivity contribution in [2.24, 2.45) is 5.92 Å². The number of hydrogen-bond acceptors (Lipinski definition) is 0. The molecule has 1 aromatic rings. The molecule has 0 heterocycles. The summed E-state index contributed by atoms with van der Waals surface area (Å²) >= 11 is 0. The van der Waals surface area contributed by atoms with Crippen LogP contribution in [0.15, 0.2) is 12.1 Å². The van der Waals surface area contributed by atoms with E-state index in [1.807, 2.05) is 0 Å². The highest BCUT2D eigenvalue weighted by atomic mass is 19.4. The average Bonchev–Trinajstić information content (AvgIpc) is 2.56. The van der Waals surface area contributed by atoms with Crippen molar-refractivity contribution in [3.63, 3.8) is 0 Å². The summed E-state index contributed by atoms with van der Waals surface area (Å²) in [6, 6.07) is -2.47. The predicted molar refractivity (Wildman–Crippen MR) is 74.6 cm³/mol. The Hall–Kier alpha value is -1.87. The molecule has 0 saturated carbocycles. The van der Waals surface area contributed by atoms with Crippen molar-refractivity contribution in [3.8, 4) is 0 Å². The number of hydrogen-bond donors (Lipinski definition) is 0. The van der Waals surface area contributed by atoms with E-state index in [1.54, 1.807) is 0 Å². The van der Waals surface area contributed by atoms with Crippen molar-refractivity contribution in [2.45, 2.75) is 56.2 Å². The molecule has 0 aliphatic carbocycles. The molecule has 1 unspecified atom stereocenters. The molecule has 0 fully saturated rings. The highest BCUT2D eigenvalue weighted by Gasteiger charge is 2.66. The molecule has 0 N–H and O–H groups in total. The molecule has 185 valence electrons. The van der Waals surface area contributed by atoms with Gasteiger partial charge in [0.15, 0.2) is 0 Å². The first-order chi connectivity index (χ1) is 13.8. The van der Waals surface area contributed by atoms with Crippen LogP contribution >= 0.6 is 0 Å². The molecule has 0 aliphatic rings. The van der Waals surface area contributed by atoms with Gasteiger partial charge >= 0.3 is 36.3 Å². The van der Waals surface area contributed by atoms with Crippen molar-refractivity contribution >= 4 is 0 Å². The molecule has 1 radical (unpaired) electrons. The Morgan fingerprint density at radius 1 is 0.562 bits per heavy atom. The molecule has 32 heavy (non-hydrogen) atoms. The molecule has 1 rings (SSSR count). The second kappa shape index (κ2) is 7.87. The molecule has 0 aliphatic heterocycles. The van der Waals surface area contributed by atoms with Crippen molar-refractivity contribution in [2.75, 3.05) is 0 Å². The first-order valence-electron chi connectivity index (χ1n) is 8.00. The largest absolute Gasteiger partial charge is 0.458 e. The van der Waals surface area contributed by atoms with Gasteiger partial charge in [-0.15, -0.1) is 0 Å². The van der Waals surface area contributed by atoms with Gasteiger partial charge in [-0.1, -0.05) is 13.8 Å². The molecule has 0 saturated heterocycles. The minimum Gasteiger partial charge on any atom is -0.228 e. The molecule has 0 spiro atoms. The number of rotatable bonds is 5. The van der Waals surface area contributed by atoms with Gasteiger partial charge in [0, 0.05) is 22.3 Å². The maximum absolute atomic E-state index is 14.0. The Morgan fingerprint density at radius 3 is 1.06 bits per heavy atom. The zero-order valence-electron chi connectivity index (χ0n) is 15.4. The molecule has 1 nitrogen and oxygen atoms in total. The Bertz CT molecular complexity index is 782. The van der Waals surface area contributed by atoms with Gasteiger partial charge in [-0.25, -0.2) is 5.11 Å². The van der Waals surface area contributed by atoms with E-state index in [-0.39, 0.29) is 0 Å². The summed E-state index contributed by atoms with van der Waals surface area (Å²) in [5.74, 6) is -21.3. The molecule has 0 aromatic heterocycles. The van der Waals surface area contributed by atoms with Crippen molar-refractivity contribution < 1.29 is 71.0 Å². The van der Waals surface area contributed by atoms with E-state index in [0.717, 1.165) is 0 Å². The maximum Gasteiger partial charge on any atom is 0.458 e. The minimum absolute atomic E-state index is 0.695. The van der Waals surface area contributed by atoms with Crippen molar-refractivity contribution in [1.29, 1.82) is 0 Å². The summed E-state index contributed by atoms with van der Waals surface area (Å²) in [7, 11) is 0. The summed E-state index contributed by atoms with van der Waals surface area (Å²) in [5.41, 5.74) is -12.0.